The number of aromatic hydroxyl groups is 2. The first kappa shape index (κ1) is 22.0. The van der Waals surface area contributed by atoms with Crippen LogP contribution in [0.4, 0.5) is 0 Å². The van der Waals surface area contributed by atoms with Crippen molar-refractivity contribution in [2.75, 3.05) is 26.2 Å². The fraction of sp³-hybridized carbons (Fsp3) is 0.250. The molecule has 1 fully saturated rings. The average molecular weight is 458 g/mol. The molecule has 5 rings (SSSR count). The Bertz CT molecular complexity index is 1300. The lowest BCUT2D eigenvalue weighted by Crippen LogP contribution is -2.33. The van der Waals surface area contributed by atoms with Crippen LogP contribution in [0, 0.1) is 0 Å². The fourth-order valence-electron chi connectivity index (χ4n) is 4.59. The molecule has 2 N–H and O–H groups in total. The molecule has 0 spiro atoms. The molecule has 4 aromatic rings. The molecule has 0 atom stereocenters. The zero-order valence-corrected chi connectivity index (χ0v) is 18.9. The van der Waals surface area contributed by atoms with Gasteiger partial charge >= 0.3 is 0 Å². The van der Waals surface area contributed by atoms with E-state index in [-0.39, 0.29) is 11.5 Å². The molecule has 6 heteroatoms. The Kier molecular flexibility index (Phi) is 6.23. The van der Waals surface area contributed by atoms with E-state index in [9.17, 15) is 15.0 Å². The van der Waals surface area contributed by atoms with Gasteiger partial charge in [-0.15, -0.1) is 0 Å². The Balaban J connectivity index is 1.55. The van der Waals surface area contributed by atoms with Crippen LogP contribution in [0.1, 0.15) is 29.6 Å². The topological polar surface area (TPSA) is 83.1 Å². The van der Waals surface area contributed by atoms with Crippen LogP contribution in [0.25, 0.3) is 33.4 Å². The summed E-state index contributed by atoms with van der Waals surface area (Å²) in [6.07, 6.45) is 4.60. The lowest BCUT2D eigenvalue weighted by atomic mass is 9.94. The van der Waals surface area contributed by atoms with Gasteiger partial charge < -0.3 is 19.4 Å². The molecule has 2 heterocycles. The van der Waals surface area contributed by atoms with Gasteiger partial charge in [0.05, 0.1) is 0 Å². The van der Waals surface area contributed by atoms with E-state index < -0.39 is 0 Å². The van der Waals surface area contributed by atoms with Gasteiger partial charge in [0.15, 0.2) is 6.29 Å². The van der Waals surface area contributed by atoms with Gasteiger partial charge in [-0.3, -0.25) is 9.69 Å². The van der Waals surface area contributed by atoms with Crippen molar-refractivity contribution in [2.45, 2.75) is 19.3 Å². The molecular formula is C28H27NO5. The Hall–Kier alpha value is -3.77. The maximum Gasteiger partial charge on any atom is 0.150 e. The summed E-state index contributed by atoms with van der Waals surface area (Å²) < 4.78 is 12.2. The Morgan fingerprint density at radius 3 is 2.44 bits per heavy atom. The molecule has 0 saturated carbocycles. The number of fused-ring (bicyclic) bond motifs is 1. The van der Waals surface area contributed by atoms with Crippen molar-refractivity contribution in [1.82, 2.24) is 4.90 Å². The van der Waals surface area contributed by atoms with Crippen molar-refractivity contribution in [3.05, 3.63) is 66.2 Å². The molecule has 1 saturated heterocycles. The van der Waals surface area contributed by atoms with Crippen LogP contribution in [0.3, 0.4) is 0 Å². The quantitative estimate of drug-likeness (QED) is 0.339. The summed E-state index contributed by atoms with van der Waals surface area (Å²) in [5.41, 5.74) is 3.20. The molecule has 0 radical (unpaired) electrons. The SMILES string of the molecule is O=Cc1ccc(OCCN2CCCCC2)cc1-c1c(-c2ccc(O)cc2)oc2cc(O)ccc12. The minimum absolute atomic E-state index is 0.0930. The lowest BCUT2D eigenvalue weighted by molar-refractivity contribution is 0.112. The number of hydrogen-bond acceptors (Lipinski definition) is 6. The number of nitrogens with zero attached hydrogens (tertiary/aromatic N) is 1. The van der Waals surface area contributed by atoms with Gasteiger partial charge in [0.2, 0.25) is 0 Å². The third-order valence-electron chi connectivity index (χ3n) is 6.35. The van der Waals surface area contributed by atoms with Crippen molar-refractivity contribution in [3.63, 3.8) is 0 Å². The molecule has 0 unspecified atom stereocenters. The van der Waals surface area contributed by atoms with E-state index in [0.717, 1.165) is 42.4 Å². The Morgan fingerprint density at radius 2 is 1.68 bits per heavy atom. The molecule has 0 aliphatic carbocycles. The molecule has 0 bridgehead atoms. The van der Waals surface area contributed by atoms with Crippen LogP contribution >= 0.6 is 0 Å². The van der Waals surface area contributed by atoms with Gasteiger partial charge in [0, 0.05) is 40.3 Å². The van der Waals surface area contributed by atoms with Crippen LogP contribution in [0.2, 0.25) is 0 Å². The average Bonchev–Trinajstić information content (AvgIpc) is 3.23. The van der Waals surface area contributed by atoms with Gasteiger partial charge in [0.1, 0.15) is 35.2 Å². The van der Waals surface area contributed by atoms with Crippen LogP contribution < -0.4 is 4.74 Å². The predicted molar refractivity (Wildman–Crippen MR) is 132 cm³/mol. The summed E-state index contributed by atoms with van der Waals surface area (Å²) in [6.45, 7) is 3.67. The largest absolute Gasteiger partial charge is 0.508 e. The van der Waals surface area contributed by atoms with Gasteiger partial charge in [0.25, 0.3) is 0 Å². The highest BCUT2D eigenvalue weighted by Gasteiger charge is 2.21. The number of likely N-dealkylation sites (tertiary alicyclic amines) is 1. The normalized spacial score (nSPS) is 14.4. The monoisotopic (exact) mass is 457 g/mol. The summed E-state index contributed by atoms with van der Waals surface area (Å²) in [5.74, 6) is 1.48. The van der Waals surface area contributed by atoms with Crippen molar-refractivity contribution < 1.29 is 24.2 Å². The van der Waals surface area contributed by atoms with Crippen molar-refractivity contribution in [1.29, 1.82) is 0 Å². The van der Waals surface area contributed by atoms with Crippen LogP contribution in [0.5, 0.6) is 17.2 Å². The molecule has 1 aromatic heterocycles. The number of phenolic OH excluding ortho intramolecular Hbond substituents is 2. The standard InChI is InChI=1S/C28H27NO5/c30-18-20-6-10-23(33-15-14-29-12-2-1-3-13-29)17-25(20)27-24-11-9-22(32)16-26(24)34-28(27)19-4-7-21(31)8-5-19/h4-11,16-18,31-32H,1-3,12-15H2. The van der Waals surface area contributed by atoms with Crippen LogP contribution in [-0.2, 0) is 0 Å². The van der Waals surface area contributed by atoms with Crippen LogP contribution in [-0.4, -0.2) is 47.6 Å². The highest BCUT2D eigenvalue weighted by molar-refractivity contribution is 6.05. The molecule has 3 aromatic carbocycles. The zero-order chi connectivity index (χ0) is 23.5. The predicted octanol–water partition coefficient (Wildman–Crippen LogP) is 5.86. The van der Waals surface area contributed by atoms with Gasteiger partial charge in [-0.1, -0.05) is 6.42 Å². The van der Waals surface area contributed by atoms with Gasteiger partial charge in [-0.25, -0.2) is 0 Å². The first-order valence-electron chi connectivity index (χ1n) is 11.6. The number of hydrogen-bond donors (Lipinski definition) is 2. The minimum atomic E-state index is 0.0930. The van der Waals surface area contributed by atoms with E-state index in [1.807, 2.05) is 12.1 Å². The van der Waals surface area contributed by atoms with E-state index in [0.29, 0.717) is 34.8 Å². The highest BCUT2D eigenvalue weighted by atomic mass is 16.5. The molecule has 0 amide bonds. The second-order valence-electron chi connectivity index (χ2n) is 8.65. The minimum Gasteiger partial charge on any atom is -0.508 e. The van der Waals surface area contributed by atoms with E-state index in [2.05, 4.69) is 4.90 Å². The molecule has 1 aliphatic heterocycles. The smallest absolute Gasteiger partial charge is 0.150 e. The third kappa shape index (κ3) is 4.50. The number of furan rings is 1. The van der Waals surface area contributed by atoms with Crippen molar-refractivity contribution in [3.8, 4) is 39.7 Å². The molecule has 6 nitrogen and oxygen atoms in total. The summed E-state index contributed by atoms with van der Waals surface area (Å²) >= 11 is 0. The highest BCUT2D eigenvalue weighted by Crippen LogP contribution is 2.43. The number of carbonyl (C=O) groups is 1. The number of piperidine rings is 1. The maximum atomic E-state index is 12.0. The number of benzene rings is 3. The summed E-state index contributed by atoms with van der Waals surface area (Å²) in [4.78, 5) is 14.4. The van der Waals surface area contributed by atoms with Crippen molar-refractivity contribution in [2.24, 2.45) is 0 Å². The van der Waals surface area contributed by atoms with E-state index >= 15 is 0 Å². The second kappa shape index (κ2) is 9.61. The molecule has 34 heavy (non-hydrogen) atoms. The first-order chi connectivity index (χ1) is 16.6. The van der Waals surface area contributed by atoms with Gasteiger partial charge in [-0.2, -0.15) is 0 Å². The molecular weight excluding hydrogens is 430 g/mol. The second-order valence-corrected chi connectivity index (χ2v) is 8.65. The third-order valence-corrected chi connectivity index (χ3v) is 6.35. The van der Waals surface area contributed by atoms with Crippen molar-refractivity contribution >= 4 is 17.3 Å². The molecule has 174 valence electrons. The van der Waals surface area contributed by atoms with E-state index in [1.54, 1.807) is 48.5 Å². The Morgan fingerprint density at radius 1 is 0.912 bits per heavy atom. The number of phenols is 2. The lowest BCUT2D eigenvalue weighted by Gasteiger charge is -2.26. The van der Waals surface area contributed by atoms with E-state index in [4.69, 9.17) is 9.15 Å². The summed E-state index contributed by atoms with van der Waals surface area (Å²) in [6, 6.07) is 17.1. The summed E-state index contributed by atoms with van der Waals surface area (Å²) in [7, 11) is 0. The molecule has 1 aliphatic rings. The number of ether oxygens (including phenoxy) is 1. The fourth-order valence-corrected chi connectivity index (χ4v) is 4.59. The maximum absolute atomic E-state index is 12.0. The zero-order valence-electron chi connectivity index (χ0n) is 18.9. The van der Waals surface area contributed by atoms with E-state index in [1.165, 1.54) is 19.3 Å². The van der Waals surface area contributed by atoms with Crippen LogP contribution in [0.15, 0.2) is 65.1 Å². The van der Waals surface area contributed by atoms with Gasteiger partial charge in [-0.05, 0) is 80.5 Å². The number of rotatable bonds is 7. The summed E-state index contributed by atoms with van der Waals surface area (Å²) in [5, 5.41) is 20.5. The first-order valence-corrected chi connectivity index (χ1v) is 11.6. The number of carbonyl (C=O) groups excluding carboxylic acids is 1. The number of aldehydes is 1. The Labute approximate surface area is 198 Å².